The summed E-state index contributed by atoms with van der Waals surface area (Å²) in [6, 6.07) is 9.91. The van der Waals surface area contributed by atoms with E-state index in [0.717, 1.165) is 27.7 Å². The minimum absolute atomic E-state index is 0.735. The van der Waals surface area contributed by atoms with Crippen molar-refractivity contribution in [3.05, 3.63) is 41.0 Å². The van der Waals surface area contributed by atoms with Crippen molar-refractivity contribution >= 4 is 11.6 Å². The van der Waals surface area contributed by atoms with Crippen LogP contribution in [0, 0.1) is 6.92 Å². The number of ether oxygens (including phenoxy) is 1. The monoisotopic (exact) mass is 235 g/mol. The van der Waals surface area contributed by atoms with Gasteiger partial charge in [-0.05, 0) is 30.7 Å². The molecule has 0 aliphatic carbocycles. The number of para-hydroxylation sites is 1. The zero-order chi connectivity index (χ0) is 11.7. The Morgan fingerprint density at radius 1 is 1.25 bits per heavy atom. The van der Waals surface area contributed by atoms with Gasteiger partial charge in [-0.25, -0.2) is 0 Å². The normalized spacial score (nSPS) is 10.5. The average molecular weight is 236 g/mol. The fourth-order valence-corrected chi connectivity index (χ4v) is 2.20. The van der Waals surface area contributed by atoms with Crippen LogP contribution < -0.4 is 4.74 Å². The summed E-state index contributed by atoms with van der Waals surface area (Å²) >= 11 is 6.10. The summed E-state index contributed by atoms with van der Waals surface area (Å²) in [6.07, 6.45) is 0. The van der Waals surface area contributed by atoms with Crippen LogP contribution in [0.4, 0.5) is 0 Å². The van der Waals surface area contributed by atoms with E-state index in [9.17, 15) is 0 Å². The highest BCUT2D eigenvalue weighted by atomic mass is 35.5. The molecule has 16 heavy (non-hydrogen) atoms. The predicted octanol–water partition coefficient (Wildman–Crippen LogP) is 3.66. The lowest BCUT2D eigenvalue weighted by molar-refractivity contribution is 0.416. The van der Waals surface area contributed by atoms with Crippen LogP contribution >= 0.6 is 11.6 Å². The third kappa shape index (κ3) is 1.69. The van der Waals surface area contributed by atoms with E-state index < -0.39 is 0 Å². The minimum Gasteiger partial charge on any atom is -0.496 e. The van der Waals surface area contributed by atoms with Gasteiger partial charge in [0.05, 0.1) is 12.8 Å². The van der Waals surface area contributed by atoms with Gasteiger partial charge >= 0.3 is 0 Å². The van der Waals surface area contributed by atoms with E-state index in [-0.39, 0.29) is 0 Å². The SMILES string of the molecule is COc1ccccc1-c1c(C)cc(Cl)n1C. The highest BCUT2D eigenvalue weighted by Crippen LogP contribution is 2.34. The number of hydrogen-bond acceptors (Lipinski definition) is 1. The van der Waals surface area contributed by atoms with E-state index in [1.54, 1.807) is 7.11 Å². The number of hydrogen-bond donors (Lipinski definition) is 0. The molecular formula is C13H14ClNO. The van der Waals surface area contributed by atoms with E-state index >= 15 is 0 Å². The average Bonchev–Trinajstić information content (AvgIpc) is 2.53. The molecule has 2 nitrogen and oxygen atoms in total. The topological polar surface area (TPSA) is 14.2 Å². The Morgan fingerprint density at radius 2 is 1.94 bits per heavy atom. The Labute approximate surface area is 100 Å². The number of aryl methyl sites for hydroxylation is 1. The Balaban J connectivity index is 2.67. The van der Waals surface area contributed by atoms with Crippen LogP contribution in [0.25, 0.3) is 11.3 Å². The van der Waals surface area contributed by atoms with Crippen molar-refractivity contribution in [1.82, 2.24) is 4.57 Å². The second-order valence-electron chi connectivity index (χ2n) is 3.76. The van der Waals surface area contributed by atoms with E-state index in [2.05, 4.69) is 0 Å². The molecule has 2 aromatic rings. The van der Waals surface area contributed by atoms with Gasteiger partial charge in [-0.2, -0.15) is 0 Å². The zero-order valence-corrected chi connectivity index (χ0v) is 10.4. The van der Waals surface area contributed by atoms with E-state index in [1.165, 1.54) is 0 Å². The van der Waals surface area contributed by atoms with Gasteiger partial charge in [0.25, 0.3) is 0 Å². The van der Waals surface area contributed by atoms with Gasteiger partial charge in [-0.3, -0.25) is 0 Å². The molecule has 1 aromatic heterocycles. The zero-order valence-electron chi connectivity index (χ0n) is 9.62. The van der Waals surface area contributed by atoms with Crippen molar-refractivity contribution in [1.29, 1.82) is 0 Å². The molecule has 1 heterocycles. The van der Waals surface area contributed by atoms with Crippen LogP contribution in [0.1, 0.15) is 5.56 Å². The molecule has 0 atom stereocenters. The second kappa shape index (κ2) is 4.22. The molecule has 1 aromatic carbocycles. The Bertz CT molecular complexity index is 517. The predicted molar refractivity (Wildman–Crippen MR) is 67.1 cm³/mol. The molecule has 0 spiro atoms. The van der Waals surface area contributed by atoms with Crippen molar-refractivity contribution in [2.45, 2.75) is 6.92 Å². The van der Waals surface area contributed by atoms with Gasteiger partial charge in [-0.1, -0.05) is 23.7 Å². The molecule has 0 radical (unpaired) electrons. The van der Waals surface area contributed by atoms with Crippen molar-refractivity contribution < 1.29 is 4.74 Å². The molecule has 0 saturated heterocycles. The molecule has 84 valence electrons. The van der Waals surface area contributed by atoms with Crippen LogP contribution in [-0.4, -0.2) is 11.7 Å². The molecule has 0 aliphatic heterocycles. The first-order valence-corrected chi connectivity index (χ1v) is 5.48. The summed E-state index contributed by atoms with van der Waals surface area (Å²) < 4.78 is 7.33. The van der Waals surface area contributed by atoms with Crippen molar-refractivity contribution in [3.8, 4) is 17.0 Å². The van der Waals surface area contributed by atoms with E-state index in [1.807, 2.05) is 48.9 Å². The first kappa shape index (κ1) is 11.1. The van der Waals surface area contributed by atoms with Gasteiger partial charge in [0.15, 0.2) is 0 Å². The molecule has 0 aliphatic rings. The summed E-state index contributed by atoms with van der Waals surface area (Å²) in [7, 11) is 3.63. The summed E-state index contributed by atoms with van der Waals surface area (Å²) in [5.41, 5.74) is 3.32. The summed E-state index contributed by atoms with van der Waals surface area (Å²) in [5, 5.41) is 0.735. The molecule has 0 amide bonds. The van der Waals surface area contributed by atoms with Gasteiger partial charge in [0, 0.05) is 12.6 Å². The summed E-state index contributed by atoms with van der Waals surface area (Å²) in [4.78, 5) is 0. The van der Waals surface area contributed by atoms with Crippen molar-refractivity contribution in [2.24, 2.45) is 7.05 Å². The molecule has 3 heteroatoms. The number of benzene rings is 1. The third-order valence-electron chi connectivity index (χ3n) is 2.73. The van der Waals surface area contributed by atoms with Gasteiger partial charge < -0.3 is 9.30 Å². The third-order valence-corrected chi connectivity index (χ3v) is 3.09. The first-order chi connectivity index (χ1) is 7.65. The number of methoxy groups -OCH3 is 1. The Kier molecular flexibility index (Phi) is 2.92. The van der Waals surface area contributed by atoms with Crippen LogP contribution in [0.5, 0.6) is 5.75 Å². The van der Waals surface area contributed by atoms with Crippen molar-refractivity contribution in [3.63, 3.8) is 0 Å². The minimum atomic E-state index is 0.735. The maximum absolute atomic E-state index is 6.10. The largest absolute Gasteiger partial charge is 0.496 e. The highest BCUT2D eigenvalue weighted by molar-refractivity contribution is 6.30. The van der Waals surface area contributed by atoms with Crippen LogP contribution in [0.2, 0.25) is 5.15 Å². The van der Waals surface area contributed by atoms with Gasteiger partial charge in [0.2, 0.25) is 0 Å². The molecule has 0 unspecified atom stereocenters. The quantitative estimate of drug-likeness (QED) is 0.775. The van der Waals surface area contributed by atoms with Crippen molar-refractivity contribution in [2.75, 3.05) is 7.11 Å². The molecule has 0 fully saturated rings. The number of halogens is 1. The fourth-order valence-electron chi connectivity index (χ4n) is 1.95. The Morgan fingerprint density at radius 3 is 2.50 bits per heavy atom. The van der Waals surface area contributed by atoms with Gasteiger partial charge in [-0.15, -0.1) is 0 Å². The van der Waals surface area contributed by atoms with Gasteiger partial charge in [0.1, 0.15) is 10.9 Å². The molecule has 2 rings (SSSR count). The van der Waals surface area contributed by atoms with Crippen LogP contribution in [0.3, 0.4) is 0 Å². The number of aromatic nitrogens is 1. The maximum atomic E-state index is 6.10. The lowest BCUT2D eigenvalue weighted by Crippen LogP contribution is -1.95. The maximum Gasteiger partial charge on any atom is 0.128 e. The molecule has 0 N–H and O–H groups in total. The van der Waals surface area contributed by atoms with Crippen LogP contribution in [0.15, 0.2) is 30.3 Å². The lowest BCUT2D eigenvalue weighted by Gasteiger charge is -2.10. The molecular weight excluding hydrogens is 222 g/mol. The lowest BCUT2D eigenvalue weighted by atomic mass is 10.1. The smallest absolute Gasteiger partial charge is 0.128 e. The van der Waals surface area contributed by atoms with E-state index in [4.69, 9.17) is 16.3 Å². The number of rotatable bonds is 2. The van der Waals surface area contributed by atoms with E-state index in [0.29, 0.717) is 0 Å². The summed E-state index contributed by atoms with van der Waals surface area (Å²) in [5.74, 6) is 0.864. The Hall–Kier alpha value is -1.41. The molecule has 0 bridgehead atoms. The first-order valence-electron chi connectivity index (χ1n) is 5.10. The van der Waals surface area contributed by atoms with Crippen LogP contribution in [-0.2, 0) is 7.05 Å². The number of nitrogens with zero attached hydrogens (tertiary/aromatic N) is 1. The standard InChI is InChI=1S/C13H14ClNO/c1-9-8-12(14)15(2)13(9)10-6-4-5-7-11(10)16-3/h4-8H,1-3H3. The summed E-state index contributed by atoms with van der Waals surface area (Å²) in [6.45, 7) is 2.05. The highest BCUT2D eigenvalue weighted by Gasteiger charge is 2.13. The fraction of sp³-hybridized carbons (Fsp3) is 0.231. The second-order valence-corrected chi connectivity index (χ2v) is 4.15. The molecule has 0 saturated carbocycles.